The van der Waals surface area contributed by atoms with E-state index in [0.717, 1.165) is 6.42 Å². The Morgan fingerprint density at radius 1 is 1.29 bits per heavy atom. The van der Waals surface area contributed by atoms with Crippen molar-refractivity contribution in [3.8, 4) is 0 Å². The van der Waals surface area contributed by atoms with Gasteiger partial charge in [0.25, 0.3) is 5.91 Å². The molecule has 1 aromatic rings. The number of anilines is 1. The molecule has 0 aromatic heterocycles. The summed E-state index contributed by atoms with van der Waals surface area (Å²) in [6.45, 7) is 7.28. The van der Waals surface area contributed by atoms with Crippen molar-refractivity contribution in [3.05, 3.63) is 29.8 Å². The fourth-order valence-electron chi connectivity index (χ4n) is 1.48. The zero-order chi connectivity index (χ0) is 13.1. The number of amides is 1. The zero-order valence-corrected chi connectivity index (χ0v) is 10.9. The highest BCUT2D eigenvalue weighted by Crippen LogP contribution is 2.14. The molecule has 0 heterocycles. The van der Waals surface area contributed by atoms with E-state index >= 15 is 0 Å². The summed E-state index contributed by atoms with van der Waals surface area (Å²) in [5.74, 6) is 0.223. The first-order chi connectivity index (χ1) is 7.79. The molecule has 0 spiro atoms. The van der Waals surface area contributed by atoms with Gasteiger partial charge in [-0.1, -0.05) is 26.0 Å². The average molecular weight is 235 g/mol. The van der Waals surface area contributed by atoms with Gasteiger partial charge < -0.3 is 10.4 Å². The van der Waals surface area contributed by atoms with Crippen molar-refractivity contribution in [3.63, 3.8) is 0 Å². The van der Waals surface area contributed by atoms with E-state index in [9.17, 15) is 9.90 Å². The molecule has 2 N–H and O–H groups in total. The second-order valence-electron chi connectivity index (χ2n) is 5.31. The molecule has 0 aliphatic heterocycles. The Morgan fingerprint density at radius 2 is 1.82 bits per heavy atom. The number of rotatable bonds is 4. The molecule has 0 aliphatic carbocycles. The van der Waals surface area contributed by atoms with Crippen LogP contribution in [0.5, 0.6) is 0 Å². The lowest BCUT2D eigenvalue weighted by molar-refractivity contribution is -0.130. The summed E-state index contributed by atoms with van der Waals surface area (Å²) in [5, 5.41) is 12.2. The lowest BCUT2D eigenvalue weighted by Crippen LogP contribution is -2.36. The minimum absolute atomic E-state index is 0.394. The van der Waals surface area contributed by atoms with Gasteiger partial charge >= 0.3 is 0 Å². The Bertz CT molecular complexity index is 374. The standard InChI is InChI=1S/C14H21NO2/c1-10(2)9-11-5-7-12(8-6-11)15-13(16)14(3,4)17/h5-8,10,17H,9H2,1-4H3,(H,15,16). The van der Waals surface area contributed by atoms with E-state index in [1.165, 1.54) is 19.4 Å². The molecule has 3 heteroatoms. The number of aliphatic hydroxyl groups is 1. The van der Waals surface area contributed by atoms with Gasteiger partial charge in [-0.25, -0.2) is 0 Å². The number of hydrogen-bond donors (Lipinski definition) is 2. The van der Waals surface area contributed by atoms with Crippen LogP contribution in [-0.2, 0) is 11.2 Å². The zero-order valence-electron chi connectivity index (χ0n) is 10.9. The van der Waals surface area contributed by atoms with Crippen molar-refractivity contribution < 1.29 is 9.90 Å². The van der Waals surface area contributed by atoms with Crippen LogP contribution < -0.4 is 5.32 Å². The Morgan fingerprint density at radius 3 is 2.24 bits per heavy atom. The van der Waals surface area contributed by atoms with Gasteiger partial charge in [0, 0.05) is 5.69 Å². The maximum Gasteiger partial charge on any atom is 0.255 e. The van der Waals surface area contributed by atoms with Crippen LogP contribution in [0.4, 0.5) is 5.69 Å². The topological polar surface area (TPSA) is 49.3 Å². The summed E-state index contributed by atoms with van der Waals surface area (Å²) in [6, 6.07) is 7.72. The van der Waals surface area contributed by atoms with Crippen molar-refractivity contribution in [1.29, 1.82) is 0 Å². The molecule has 3 nitrogen and oxygen atoms in total. The van der Waals surface area contributed by atoms with Crippen LogP contribution in [0.15, 0.2) is 24.3 Å². The van der Waals surface area contributed by atoms with Crippen LogP contribution in [0.25, 0.3) is 0 Å². The minimum atomic E-state index is -1.35. The van der Waals surface area contributed by atoms with Crippen LogP contribution in [0.3, 0.4) is 0 Å². The molecule has 94 valence electrons. The van der Waals surface area contributed by atoms with Crippen LogP contribution >= 0.6 is 0 Å². The third-order valence-corrected chi connectivity index (χ3v) is 2.41. The third-order valence-electron chi connectivity index (χ3n) is 2.41. The van der Waals surface area contributed by atoms with E-state index in [4.69, 9.17) is 0 Å². The molecule has 0 saturated heterocycles. The van der Waals surface area contributed by atoms with E-state index in [1.807, 2.05) is 24.3 Å². The fraction of sp³-hybridized carbons (Fsp3) is 0.500. The molecule has 0 saturated carbocycles. The number of nitrogens with one attached hydrogen (secondary N) is 1. The highest BCUT2D eigenvalue weighted by Gasteiger charge is 2.23. The lowest BCUT2D eigenvalue weighted by atomic mass is 10.0. The molecule has 0 unspecified atom stereocenters. The van der Waals surface area contributed by atoms with Crippen LogP contribution in [0.2, 0.25) is 0 Å². The van der Waals surface area contributed by atoms with Crippen LogP contribution in [0, 0.1) is 5.92 Å². The quantitative estimate of drug-likeness (QED) is 0.842. The minimum Gasteiger partial charge on any atom is -0.381 e. The van der Waals surface area contributed by atoms with Gasteiger partial charge in [0.05, 0.1) is 0 Å². The number of benzene rings is 1. The largest absolute Gasteiger partial charge is 0.381 e. The predicted molar refractivity (Wildman–Crippen MR) is 69.9 cm³/mol. The molecule has 0 aliphatic rings. The van der Waals surface area contributed by atoms with Crippen molar-refractivity contribution in [1.82, 2.24) is 0 Å². The van der Waals surface area contributed by atoms with Gasteiger partial charge in [-0.15, -0.1) is 0 Å². The van der Waals surface area contributed by atoms with Crippen molar-refractivity contribution in [2.24, 2.45) is 5.92 Å². The summed E-state index contributed by atoms with van der Waals surface area (Å²) >= 11 is 0. The molecule has 0 bridgehead atoms. The number of hydrogen-bond acceptors (Lipinski definition) is 2. The van der Waals surface area contributed by atoms with Gasteiger partial charge in [-0.3, -0.25) is 4.79 Å². The van der Waals surface area contributed by atoms with E-state index in [2.05, 4.69) is 19.2 Å². The summed E-state index contributed by atoms with van der Waals surface area (Å²) in [5.41, 5.74) is 0.613. The van der Waals surface area contributed by atoms with Gasteiger partial charge in [0.15, 0.2) is 0 Å². The fourth-order valence-corrected chi connectivity index (χ4v) is 1.48. The number of carbonyl (C=O) groups is 1. The molecule has 1 amide bonds. The smallest absolute Gasteiger partial charge is 0.255 e. The molecule has 17 heavy (non-hydrogen) atoms. The Hall–Kier alpha value is -1.35. The van der Waals surface area contributed by atoms with E-state index in [-0.39, 0.29) is 0 Å². The molecule has 0 fully saturated rings. The summed E-state index contributed by atoms with van der Waals surface area (Å²) in [7, 11) is 0. The summed E-state index contributed by atoms with van der Waals surface area (Å²) < 4.78 is 0. The SMILES string of the molecule is CC(C)Cc1ccc(NC(=O)C(C)(C)O)cc1. The normalized spacial score (nSPS) is 11.6. The van der Waals surface area contributed by atoms with Gasteiger partial charge in [-0.2, -0.15) is 0 Å². The van der Waals surface area contributed by atoms with E-state index < -0.39 is 11.5 Å². The predicted octanol–water partition coefficient (Wildman–Crippen LogP) is 2.59. The molecule has 0 atom stereocenters. The average Bonchev–Trinajstić information content (AvgIpc) is 2.18. The molecule has 0 radical (unpaired) electrons. The molecular weight excluding hydrogens is 214 g/mol. The van der Waals surface area contributed by atoms with Gasteiger partial charge in [0.1, 0.15) is 5.60 Å². The van der Waals surface area contributed by atoms with E-state index in [0.29, 0.717) is 11.6 Å². The lowest BCUT2D eigenvalue weighted by Gasteiger charge is -2.16. The molecular formula is C14H21NO2. The van der Waals surface area contributed by atoms with Crippen LogP contribution in [-0.4, -0.2) is 16.6 Å². The monoisotopic (exact) mass is 235 g/mol. The Labute approximate surface area is 103 Å². The first kappa shape index (κ1) is 13.7. The van der Waals surface area contributed by atoms with Crippen LogP contribution in [0.1, 0.15) is 33.3 Å². The highest BCUT2D eigenvalue weighted by atomic mass is 16.3. The van der Waals surface area contributed by atoms with E-state index in [1.54, 1.807) is 0 Å². The Kier molecular flexibility index (Phi) is 4.29. The maximum absolute atomic E-state index is 11.5. The van der Waals surface area contributed by atoms with Crippen molar-refractivity contribution in [2.45, 2.75) is 39.7 Å². The molecule has 1 aromatic carbocycles. The first-order valence-corrected chi connectivity index (χ1v) is 5.92. The van der Waals surface area contributed by atoms with Crippen molar-refractivity contribution in [2.75, 3.05) is 5.32 Å². The Balaban J connectivity index is 2.66. The second-order valence-corrected chi connectivity index (χ2v) is 5.31. The van der Waals surface area contributed by atoms with Gasteiger partial charge in [-0.05, 0) is 43.9 Å². The highest BCUT2D eigenvalue weighted by molar-refractivity contribution is 5.96. The maximum atomic E-state index is 11.5. The summed E-state index contributed by atoms with van der Waals surface area (Å²) in [4.78, 5) is 11.5. The third kappa shape index (κ3) is 4.57. The number of carbonyl (C=O) groups excluding carboxylic acids is 1. The molecule has 1 rings (SSSR count). The second kappa shape index (κ2) is 5.32. The summed E-state index contributed by atoms with van der Waals surface area (Å²) in [6.07, 6.45) is 1.03. The first-order valence-electron chi connectivity index (χ1n) is 5.92. The van der Waals surface area contributed by atoms with Crippen molar-refractivity contribution >= 4 is 11.6 Å². The van der Waals surface area contributed by atoms with Gasteiger partial charge in [0.2, 0.25) is 0 Å².